The van der Waals surface area contributed by atoms with Crippen LogP contribution < -0.4 is 10.7 Å². The van der Waals surface area contributed by atoms with Gasteiger partial charge in [0.25, 0.3) is 0 Å². The first-order valence-electron chi connectivity index (χ1n) is 11.2. The van der Waals surface area contributed by atoms with Crippen molar-refractivity contribution in [1.82, 2.24) is 15.5 Å². The van der Waals surface area contributed by atoms with Crippen LogP contribution in [0.3, 0.4) is 0 Å². The summed E-state index contributed by atoms with van der Waals surface area (Å²) in [5.74, 6) is 0.481. The van der Waals surface area contributed by atoms with E-state index in [1.807, 2.05) is 60.7 Å². The van der Waals surface area contributed by atoms with Crippen molar-refractivity contribution in [2.24, 2.45) is 0 Å². The quantitative estimate of drug-likeness (QED) is 0.327. The number of hydrogen-bond acceptors (Lipinski definition) is 4. The molecule has 0 atom stereocenters. The second-order valence-electron chi connectivity index (χ2n) is 8.72. The fourth-order valence-electron chi connectivity index (χ4n) is 4.89. The van der Waals surface area contributed by atoms with E-state index in [4.69, 9.17) is 4.42 Å². The summed E-state index contributed by atoms with van der Waals surface area (Å²) in [6.07, 6.45) is 3.15. The van der Waals surface area contributed by atoms with Crippen LogP contribution in [0, 0.1) is 0 Å². The maximum absolute atomic E-state index is 13.8. The molecule has 0 unspecified atom stereocenters. The number of amides is 1. The van der Waals surface area contributed by atoms with Gasteiger partial charge in [-0.3, -0.25) is 9.89 Å². The molecule has 1 saturated carbocycles. The molecule has 0 aliphatic heterocycles. The van der Waals surface area contributed by atoms with Gasteiger partial charge in [-0.15, -0.1) is 0 Å². The van der Waals surface area contributed by atoms with Gasteiger partial charge in [-0.05, 0) is 36.5 Å². The molecule has 34 heavy (non-hydrogen) atoms. The lowest BCUT2D eigenvalue weighted by Gasteiger charge is -2.42. The van der Waals surface area contributed by atoms with E-state index in [1.165, 1.54) is 0 Å². The van der Waals surface area contributed by atoms with Crippen molar-refractivity contribution < 1.29 is 14.3 Å². The zero-order chi connectivity index (χ0) is 23.3. The molecule has 1 fully saturated rings. The van der Waals surface area contributed by atoms with Crippen LogP contribution in [0.5, 0.6) is 0 Å². The highest BCUT2D eigenvalue weighted by Crippen LogP contribution is 2.42. The molecule has 2 aromatic heterocycles. The van der Waals surface area contributed by atoms with E-state index in [0.717, 1.165) is 35.8 Å². The predicted molar refractivity (Wildman–Crippen MR) is 130 cm³/mol. The van der Waals surface area contributed by atoms with Gasteiger partial charge in [0.1, 0.15) is 11.3 Å². The lowest BCUT2D eigenvalue weighted by molar-refractivity contribution is 0.144. The molecule has 1 aliphatic carbocycles. The van der Waals surface area contributed by atoms with E-state index in [0.29, 0.717) is 33.4 Å². The molecule has 168 valence electrons. The van der Waals surface area contributed by atoms with Gasteiger partial charge < -0.3 is 14.8 Å². The van der Waals surface area contributed by atoms with Gasteiger partial charge in [-0.2, -0.15) is 5.10 Å². The van der Waals surface area contributed by atoms with Crippen molar-refractivity contribution in [2.45, 2.75) is 24.8 Å². The number of rotatable bonds is 4. The number of nitrogens with one attached hydrogen (secondary N) is 2. The minimum atomic E-state index is -1.03. The summed E-state index contributed by atoms with van der Waals surface area (Å²) in [5, 5.41) is 20.4. The van der Waals surface area contributed by atoms with Gasteiger partial charge in [0.15, 0.2) is 5.58 Å². The van der Waals surface area contributed by atoms with Crippen LogP contribution in [0.15, 0.2) is 82.1 Å². The first-order chi connectivity index (χ1) is 16.6. The molecule has 1 amide bonds. The van der Waals surface area contributed by atoms with Crippen LogP contribution >= 0.6 is 0 Å². The monoisotopic (exact) mass is 451 g/mol. The van der Waals surface area contributed by atoms with E-state index < -0.39 is 11.6 Å². The van der Waals surface area contributed by atoms with E-state index in [-0.39, 0.29) is 5.43 Å². The van der Waals surface area contributed by atoms with Crippen molar-refractivity contribution in [3.8, 4) is 22.5 Å². The van der Waals surface area contributed by atoms with Crippen LogP contribution in [0.4, 0.5) is 4.79 Å². The Morgan fingerprint density at radius 2 is 1.76 bits per heavy atom. The first-order valence-corrected chi connectivity index (χ1v) is 11.2. The molecule has 7 heteroatoms. The lowest BCUT2D eigenvalue weighted by Crippen LogP contribution is -2.50. The van der Waals surface area contributed by atoms with E-state index in [2.05, 4.69) is 15.5 Å². The molecule has 3 N–H and O–H groups in total. The molecule has 2 heterocycles. The van der Waals surface area contributed by atoms with E-state index >= 15 is 0 Å². The van der Waals surface area contributed by atoms with E-state index in [9.17, 15) is 14.7 Å². The Bertz CT molecular complexity index is 1600. The summed E-state index contributed by atoms with van der Waals surface area (Å²) < 4.78 is 6.41. The van der Waals surface area contributed by atoms with Gasteiger partial charge in [0, 0.05) is 10.9 Å². The van der Waals surface area contributed by atoms with Crippen LogP contribution in [0.25, 0.3) is 44.3 Å². The van der Waals surface area contributed by atoms with Gasteiger partial charge in [-0.25, -0.2) is 4.79 Å². The Kier molecular flexibility index (Phi) is 4.52. The molecule has 0 radical (unpaired) electrons. The van der Waals surface area contributed by atoms with E-state index in [1.54, 1.807) is 12.3 Å². The Morgan fingerprint density at radius 3 is 2.44 bits per heavy atom. The predicted octanol–water partition coefficient (Wildman–Crippen LogP) is 5.65. The molecule has 0 saturated heterocycles. The van der Waals surface area contributed by atoms with Crippen molar-refractivity contribution in [1.29, 1.82) is 0 Å². The average Bonchev–Trinajstić information content (AvgIpc) is 3.31. The number of carbonyl (C=O) groups is 1. The molecule has 3 aromatic carbocycles. The Morgan fingerprint density at radius 1 is 1.00 bits per heavy atom. The smallest absolute Gasteiger partial charge is 0.405 e. The topological polar surface area (TPSA) is 108 Å². The number of fused-ring (bicyclic) bond motifs is 3. The third-order valence-corrected chi connectivity index (χ3v) is 6.79. The Balaban J connectivity index is 1.56. The standard InChI is InChI=1S/C27H21N3O4/c31-23-20-12-9-18-15-28-30-22(18)25(20)34-24(17-5-2-1-3-6-17)21(23)16-7-10-19(11-8-16)27(13-4-14-27)29-26(32)33/h1-3,5-12,15,29H,4,13-14H2,(H,28,30)(H,32,33). The van der Waals surface area contributed by atoms with Crippen molar-refractivity contribution >= 4 is 28.0 Å². The number of aromatic nitrogens is 2. The largest absolute Gasteiger partial charge is 0.465 e. The van der Waals surface area contributed by atoms with Crippen LogP contribution in [-0.4, -0.2) is 21.4 Å². The minimum absolute atomic E-state index is 0.133. The summed E-state index contributed by atoms with van der Waals surface area (Å²) in [5.41, 5.74) is 3.33. The number of nitrogens with zero attached hydrogens (tertiary/aromatic N) is 1. The van der Waals surface area contributed by atoms with Gasteiger partial charge in [0.2, 0.25) is 5.43 Å². The summed E-state index contributed by atoms with van der Waals surface area (Å²) >= 11 is 0. The third-order valence-electron chi connectivity index (χ3n) is 6.79. The molecule has 5 aromatic rings. The van der Waals surface area contributed by atoms with Crippen LogP contribution in [0.1, 0.15) is 24.8 Å². The normalized spacial score (nSPS) is 14.7. The van der Waals surface area contributed by atoms with Crippen molar-refractivity contribution in [3.05, 3.63) is 88.7 Å². The second-order valence-corrected chi connectivity index (χ2v) is 8.72. The number of aromatic amines is 1. The first kappa shape index (κ1) is 20.2. The Labute approximate surface area is 194 Å². The van der Waals surface area contributed by atoms with Crippen molar-refractivity contribution in [3.63, 3.8) is 0 Å². The Hall–Kier alpha value is -4.39. The molecule has 0 spiro atoms. The zero-order valence-corrected chi connectivity index (χ0v) is 18.2. The van der Waals surface area contributed by atoms with Crippen LogP contribution in [-0.2, 0) is 5.54 Å². The lowest BCUT2D eigenvalue weighted by atomic mass is 9.71. The second kappa shape index (κ2) is 7.59. The highest BCUT2D eigenvalue weighted by atomic mass is 16.4. The highest BCUT2D eigenvalue weighted by molar-refractivity contribution is 6.03. The fourth-order valence-corrected chi connectivity index (χ4v) is 4.89. The maximum Gasteiger partial charge on any atom is 0.405 e. The number of carboxylic acid groups (broad SMARTS) is 1. The third kappa shape index (κ3) is 3.08. The van der Waals surface area contributed by atoms with Gasteiger partial charge >= 0.3 is 6.09 Å². The van der Waals surface area contributed by atoms with Gasteiger partial charge in [-0.1, -0.05) is 60.7 Å². The number of H-pyrrole nitrogens is 1. The molecular weight excluding hydrogens is 430 g/mol. The fraction of sp³-hybridized carbons (Fsp3) is 0.148. The summed E-state index contributed by atoms with van der Waals surface area (Å²) in [7, 11) is 0. The highest BCUT2D eigenvalue weighted by Gasteiger charge is 2.40. The summed E-state index contributed by atoms with van der Waals surface area (Å²) in [4.78, 5) is 25.1. The zero-order valence-electron chi connectivity index (χ0n) is 18.2. The number of benzene rings is 3. The maximum atomic E-state index is 13.8. The van der Waals surface area contributed by atoms with Crippen molar-refractivity contribution in [2.75, 3.05) is 0 Å². The number of hydrogen-bond donors (Lipinski definition) is 3. The molecule has 6 rings (SSSR count). The SMILES string of the molecule is O=C(O)NC1(c2ccc(-c3c(-c4ccccc4)oc4c(ccc5cn[nH]c54)c3=O)cc2)CCC1. The molecule has 7 nitrogen and oxygen atoms in total. The molecular formula is C27H21N3O4. The van der Waals surface area contributed by atoms with Crippen LogP contribution in [0.2, 0.25) is 0 Å². The average molecular weight is 451 g/mol. The molecule has 1 aliphatic rings. The molecule has 0 bridgehead atoms. The summed E-state index contributed by atoms with van der Waals surface area (Å²) in [6.45, 7) is 0. The minimum Gasteiger partial charge on any atom is -0.465 e. The summed E-state index contributed by atoms with van der Waals surface area (Å²) in [6, 6.07) is 20.7. The van der Waals surface area contributed by atoms with Gasteiger partial charge in [0.05, 0.1) is 22.7 Å².